The molecule has 0 unspecified atom stereocenters. The summed E-state index contributed by atoms with van der Waals surface area (Å²) in [7, 11) is 0. The number of halogens is 2. The van der Waals surface area contributed by atoms with Crippen molar-refractivity contribution in [1.82, 2.24) is 10.2 Å². The largest absolute Gasteiger partial charge is 0.494 e. The SMILES string of the molecule is CC[C@@H](C)NC(=O)[C@@H](CC)N(Cc1ccc(Cl)c(Cl)c1)C(=O)CCCOc1ccc(C)cc1. The van der Waals surface area contributed by atoms with Crippen molar-refractivity contribution in [3.63, 3.8) is 0 Å². The van der Waals surface area contributed by atoms with Crippen molar-refractivity contribution in [2.75, 3.05) is 6.61 Å². The number of nitrogens with one attached hydrogen (secondary N) is 1. The molecule has 0 fully saturated rings. The van der Waals surface area contributed by atoms with Gasteiger partial charge in [-0.05, 0) is 62.9 Å². The third kappa shape index (κ3) is 8.56. The predicted molar refractivity (Wildman–Crippen MR) is 135 cm³/mol. The van der Waals surface area contributed by atoms with Gasteiger partial charge in [-0.2, -0.15) is 0 Å². The highest BCUT2D eigenvalue weighted by atomic mass is 35.5. The number of benzene rings is 2. The van der Waals surface area contributed by atoms with Crippen LogP contribution in [0.1, 0.15) is 57.6 Å². The van der Waals surface area contributed by atoms with Crippen molar-refractivity contribution in [1.29, 1.82) is 0 Å². The van der Waals surface area contributed by atoms with Crippen LogP contribution >= 0.6 is 23.2 Å². The molecule has 2 aromatic rings. The number of nitrogens with zero attached hydrogens (tertiary/aromatic N) is 1. The number of carbonyl (C=O) groups is 2. The topological polar surface area (TPSA) is 58.6 Å². The molecular weight excluding hydrogens is 459 g/mol. The highest BCUT2D eigenvalue weighted by molar-refractivity contribution is 6.42. The van der Waals surface area contributed by atoms with Gasteiger partial charge >= 0.3 is 0 Å². The van der Waals surface area contributed by atoms with Crippen LogP contribution < -0.4 is 10.1 Å². The van der Waals surface area contributed by atoms with E-state index in [1.54, 1.807) is 17.0 Å². The van der Waals surface area contributed by atoms with Crippen LogP contribution in [0, 0.1) is 6.92 Å². The predicted octanol–water partition coefficient (Wildman–Crippen LogP) is 6.18. The van der Waals surface area contributed by atoms with E-state index in [4.69, 9.17) is 27.9 Å². The monoisotopic (exact) mass is 492 g/mol. The molecule has 0 saturated heterocycles. The molecule has 2 amide bonds. The molecular formula is C26H34Cl2N2O3. The Balaban J connectivity index is 2.09. The average Bonchev–Trinajstić information content (AvgIpc) is 2.79. The van der Waals surface area contributed by atoms with Crippen molar-refractivity contribution in [2.24, 2.45) is 0 Å². The summed E-state index contributed by atoms with van der Waals surface area (Å²) >= 11 is 12.2. The molecule has 0 heterocycles. The summed E-state index contributed by atoms with van der Waals surface area (Å²) in [5, 5.41) is 3.88. The van der Waals surface area contributed by atoms with Crippen LogP contribution in [-0.4, -0.2) is 35.4 Å². The van der Waals surface area contributed by atoms with Crippen LogP contribution in [0.2, 0.25) is 10.0 Å². The van der Waals surface area contributed by atoms with Crippen LogP contribution in [0.3, 0.4) is 0 Å². The zero-order valence-electron chi connectivity index (χ0n) is 19.9. The minimum absolute atomic E-state index is 0.0383. The fraction of sp³-hybridized carbons (Fsp3) is 0.462. The molecule has 0 aliphatic heterocycles. The molecule has 0 aliphatic rings. The smallest absolute Gasteiger partial charge is 0.243 e. The molecule has 5 nitrogen and oxygen atoms in total. The second-order valence-corrected chi connectivity index (χ2v) is 9.09. The van der Waals surface area contributed by atoms with Crippen LogP contribution in [-0.2, 0) is 16.1 Å². The molecule has 1 N–H and O–H groups in total. The van der Waals surface area contributed by atoms with Gasteiger partial charge in [0, 0.05) is 19.0 Å². The van der Waals surface area contributed by atoms with Crippen LogP contribution in [0.4, 0.5) is 0 Å². The Labute approximate surface area is 207 Å². The van der Waals surface area contributed by atoms with Gasteiger partial charge in [-0.1, -0.05) is 60.8 Å². The van der Waals surface area contributed by atoms with E-state index in [1.807, 2.05) is 58.0 Å². The Hall–Kier alpha value is -2.24. The molecule has 0 aromatic heterocycles. The van der Waals surface area contributed by atoms with E-state index < -0.39 is 6.04 Å². The van der Waals surface area contributed by atoms with Crippen LogP contribution in [0.15, 0.2) is 42.5 Å². The molecule has 0 radical (unpaired) electrons. The molecule has 0 aliphatic carbocycles. The van der Waals surface area contributed by atoms with Crippen molar-refractivity contribution < 1.29 is 14.3 Å². The van der Waals surface area contributed by atoms with E-state index in [0.717, 1.165) is 23.3 Å². The normalized spacial score (nSPS) is 12.7. The van der Waals surface area contributed by atoms with Gasteiger partial charge in [0.25, 0.3) is 0 Å². The third-order valence-electron chi connectivity index (χ3n) is 5.55. The minimum atomic E-state index is -0.570. The summed E-state index contributed by atoms with van der Waals surface area (Å²) in [6.07, 6.45) is 2.16. The highest BCUT2D eigenvalue weighted by Gasteiger charge is 2.29. The summed E-state index contributed by atoms with van der Waals surface area (Å²) in [5.41, 5.74) is 1.99. The maximum atomic E-state index is 13.2. The van der Waals surface area contributed by atoms with E-state index in [1.165, 1.54) is 0 Å². The zero-order valence-corrected chi connectivity index (χ0v) is 21.4. The molecule has 0 saturated carbocycles. The van der Waals surface area contributed by atoms with Gasteiger partial charge in [-0.15, -0.1) is 0 Å². The molecule has 7 heteroatoms. The van der Waals surface area contributed by atoms with E-state index >= 15 is 0 Å². The summed E-state index contributed by atoms with van der Waals surface area (Å²) in [4.78, 5) is 27.9. The first-order chi connectivity index (χ1) is 15.7. The first-order valence-electron chi connectivity index (χ1n) is 11.5. The van der Waals surface area contributed by atoms with E-state index in [2.05, 4.69) is 5.32 Å². The standard InChI is InChI=1S/C26H34Cl2N2O3/c1-5-19(4)29-26(32)24(6-2)30(17-20-11-14-22(27)23(28)16-20)25(31)8-7-15-33-21-12-9-18(3)10-13-21/h9-14,16,19,24H,5-8,15,17H2,1-4H3,(H,29,32)/t19-,24-/m1/s1. The quantitative estimate of drug-likeness (QED) is 0.359. The van der Waals surface area contributed by atoms with Crippen molar-refractivity contribution in [3.8, 4) is 5.75 Å². The maximum absolute atomic E-state index is 13.2. The third-order valence-corrected chi connectivity index (χ3v) is 6.29. The van der Waals surface area contributed by atoms with Gasteiger partial charge in [-0.25, -0.2) is 0 Å². The second kappa shape index (κ2) is 13.5. The number of ether oxygens (including phenoxy) is 1. The molecule has 33 heavy (non-hydrogen) atoms. The van der Waals surface area contributed by atoms with E-state index in [9.17, 15) is 9.59 Å². The molecule has 180 valence electrons. The van der Waals surface area contributed by atoms with Gasteiger partial charge in [0.05, 0.1) is 16.7 Å². The van der Waals surface area contributed by atoms with Gasteiger partial charge in [0.15, 0.2) is 0 Å². The van der Waals surface area contributed by atoms with Gasteiger partial charge in [-0.3, -0.25) is 9.59 Å². The fourth-order valence-corrected chi connectivity index (χ4v) is 3.71. The van der Waals surface area contributed by atoms with Crippen molar-refractivity contribution in [2.45, 2.75) is 72.0 Å². The zero-order chi connectivity index (χ0) is 24.4. The molecule has 0 bridgehead atoms. The Morgan fingerprint density at radius 2 is 1.73 bits per heavy atom. The lowest BCUT2D eigenvalue weighted by atomic mass is 10.1. The van der Waals surface area contributed by atoms with E-state index in [0.29, 0.717) is 29.5 Å². The maximum Gasteiger partial charge on any atom is 0.243 e. The molecule has 2 aromatic carbocycles. The fourth-order valence-electron chi connectivity index (χ4n) is 3.39. The number of rotatable bonds is 12. The number of amides is 2. The van der Waals surface area contributed by atoms with Crippen LogP contribution in [0.25, 0.3) is 0 Å². The Morgan fingerprint density at radius 3 is 2.33 bits per heavy atom. The van der Waals surface area contributed by atoms with Crippen molar-refractivity contribution in [3.05, 3.63) is 63.6 Å². The number of hydrogen-bond acceptors (Lipinski definition) is 3. The lowest BCUT2D eigenvalue weighted by Gasteiger charge is -2.31. The summed E-state index contributed by atoms with van der Waals surface area (Å²) in [6, 6.07) is 12.5. The highest BCUT2D eigenvalue weighted by Crippen LogP contribution is 2.24. The number of carbonyl (C=O) groups excluding carboxylic acids is 2. The Morgan fingerprint density at radius 1 is 1.03 bits per heavy atom. The number of aryl methyl sites for hydroxylation is 1. The first kappa shape index (κ1) is 27.0. The average molecular weight is 493 g/mol. The lowest BCUT2D eigenvalue weighted by Crippen LogP contribution is -2.50. The van der Waals surface area contributed by atoms with Gasteiger partial charge < -0.3 is 15.0 Å². The van der Waals surface area contributed by atoms with E-state index in [-0.39, 0.29) is 30.8 Å². The summed E-state index contributed by atoms with van der Waals surface area (Å²) < 4.78 is 5.76. The minimum Gasteiger partial charge on any atom is -0.494 e. The lowest BCUT2D eigenvalue weighted by molar-refractivity contribution is -0.141. The van der Waals surface area contributed by atoms with Crippen molar-refractivity contribution >= 4 is 35.0 Å². The second-order valence-electron chi connectivity index (χ2n) is 8.28. The van der Waals surface area contributed by atoms with Gasteiger partial charge in [0.2, 0.25) is 11.8 Å². The first-order valence-corrected chi connectivity index (χ1v) is 12.2. The Bertz CT molecular complexity index is 918. The molecule has 2 rings (SSSR count). The summed E-state index contributed by atoms with van der Waals surface area (Å²) in [6.45, 7) is 8.60. The van der Waals surface area contributed by atoms with Gasteiger partial charge in [0.1, 0.15) is 11.8 Å². The molecule has 2 atom stereocenters. The summed E-state index contributed by atoms with van der Waals surface area (Å²) in [5.74, 6) is 0.538. The Kier molecular flexibility index (Phi) is 11.0. The van der Waals surface area contributed by atoms with Crippen LogP contribution in [0.5, 0.6) is 5.75 Å². The molecule has 0 spiro atoms. The number of hydrogen-bond donors (Lipinski definition) is 1.